The molecule has 0 spiro atoms. The Morgan fingerprint density at radius 1 is 1.29 bits per heavy atom. The van der Waals surface area contributed by atoms with Crippen LogP contribution in [0.5, 0.6) is 0 Å². The number of aromatic nitrogens is 3. The summed E-state index contributed by atoms with van der Waals surface area (Å²) < 4.78 is 5.22. The average molecular weight is 285 g/mol. The Balaban J connectivity index is 1.97. The number of ether oxygens (including phenoxy) is 1. The van der Waals surface area contributed by atoms with Crippen molar-refractivity contribution in [1.82, 2.24) is 20.3 Å². The molecule has 0 aromatic carbocycles. The molecule has 1 N–H and O–H groups in total. The average Bonchev–Trinajstić information content (AvgIpc) is 2.56. The van der Waals surface area contributed by atoms with Gasteiger partial charge < -0.3 is 15.0 Å². The molecule has 0 radical (unpaired) electrons. The van der Waals surface area contributed by atoms with Crippen LogP contribution < -0.4 is 10.2 Å². The maximum atomic E-state index is 5.22. The fourth-order valence-electron chi connectivity index (χ4n) is 2.38. The van der Waals surface area contributed by atoms with Gasteiger partial charge in [0.1, 0.15) is 5.82 Å². The van der Waals surface area contributed by atoms with E-state index in [1.54, 1.807) is 19.5 Å². The SMILES string of the molecule is COCc1cc(N2CCNCC2)nc(-c2cccnc2)n1. The van der Waals surface area contributed by atoms with Crippen LogP contribution in [0.25, 0.3) is 11.4 Å². The Morgan fingerprint density at radius 3 is 2.86 bits per heavy atom. The molecule has 0 bridgehead atoms. The largest absolute Gasteiger partial charge is 0.378 e. The number of hydrogen-bond acceptors (Lipinski definition) is 6. The Hall–Kier alpha value is -2.05. The van der Waals surface area contributed by atoms with Crippen molar-refractivity contribution in [2.75, 3.05) is 38.2 Å². The lowest BCUT2D eigenvalue weighted by atomic mass is 10.2. The van der Waals surface area contributed by atoms with Crippen LogP contribution in [0.4, 0.5) is 5.82 Å². The molecular formula is C15H19N5O. The van der Waals surface area contributed by atoms with Crippen molar-refractivity contribution in [3.63, 3.8) is 0 Å². The molecule has 110 valence electrons. The molecule has 0 amide bonds. The number of nitrogens with zero attached hydrogens (tertiary/aromatic N) is 4. The number of methoxy groups -OCH3 is 1. The summed E-state index contributed by atoms with van der Waals surface area (Å²) >= 11 is 0. The van der Waals surface area contributed by atoms with Crippen molar-refractivity contribution in [2.45, 2.75) is 6.61 Å². The van der Waals surface area contributed by atoms with Gasteiger partial charge in [-0.05, 0) is 12.1 Å². The van der Waals surface area contributed by atoms with Gasteiger partial charge in [-0.1, -0.05) is 0 Å². The molecule has 2 aromatic rings. The molecule has 1 aliphatic rings. The lowest BCUT2D eigenvalue weighted by molar-refractivity contribution is 0.181. The first kappa shape index (κ1) is 13.9. The molecule has 6 nitrogen and oxygen atoms in total. The Morgan fingerprint density at radius 2 is 2.14 bits per heavy atom. The molecule has 0 unspecified atom stereocenters. The number of rotatable bonds is 4. The molecule has 6 heteroatoms. The zero-order valence-electron chi connectivity index (χ0n) is 12.1. The van der Waals surface area contributed by atoms with Gasteiger partial charge in [0.25, 0.3) is 0 Å². The minimum atomic E-state index is 0.481. The van der Waals surface area contributed by atoms with E-state index in [4.69, 9.17) is 9.72 Å². The van der Waals surface area contributed by atoms with E-state index in [0.717, 1.165) is 43.3 Å². The van der Waals surface area contributed by atoms with Crippen LogP contribution in [0, 0.1) is 0 Å². The fraction of sp³-hybridized carbons (Fsp3) is 0.400. The third-order valence-corrected chi connectivity index (χ3v) is 3.42. The van der Waals surface area contributed by atoms with Crippen LogP contribution in [-0.4, -0.2) is 48.2 Å². The van der Waals surface area contributed by atoms with Gasteiger partial charge in [-0.3, -0.25) is 4.98 Å². The second-order valence-corrected chi connectivity index (χ2v) is 4.95. The summed E-state index contributed by atoms with van der Waals surface area (Å²) in [5.74, 6) is 1.66. The maximum Gasteiger partial charge on any atom is 0.163 e. The lowest BCUT2D eigenvalue weighted by Crippen LogP contribution is -2.44. The summed E-state index contributed by atoms with van der Waals surface area (Å²) in [6.45, 7) is 4.35. The smallest absolute Gasteiger partial charge is 0.163 e. The zero-order valence-corrected chi connectivity index (χ0v) is 12.1. The number of piperazine rings is 1. The van der Waals surface area contributed by atoms with Gasteiger partial charge in [-0.2, -0.15) is 0 Å². The Bertz CT molecular complexity index is 584. The van der Waals surface area contributed by atoms with Crippen LogP contribution in [0.15, 0.2) is 30.6 Å². The van der Waals surface area contributed by atoms with Crippen LogP contribution in [0.1, 0.15) is 5.69 Å². The van der Waals surface area contributed by atoms with E-state index < -0.39 is 0 Å². The number of pyridine rings is 1. The molecule has 1 fully saturated rings. The number of nitrogens with one attached hydrogen (secondary N) is 1. The summed E-state index contributed by atoms with van der Waals surface area (Å²) in [6, 6.07) is 5.88. The first-order chi connectivity index (χ1) is 10.4. The highest BCUT2D eigenvalue weighted by Crippen LogP contribution is 2.20. The van der Waals surface area contributed by atoms with Crippen LogP contribution in [0.2, 0.25) is 0 Å². The molecule has 2 aromatic heterocycles. The van der Waals surface area contributed by atoms with Gasteiger partial charge in [0.15, 0.2) is 5.82 Å². The van der Waals surface area contributed by atoms with Crippen molar-refractivity contribution < 1.29 is 4.74 Å². The second kappa shape index (κ2) is 6.60. The van der Waals surface area contributed by atoms with Gasteiger partial charge in [-0.25, -0.2) is 9.97 Å². The first-order valence-electron chi connectivity index (χ1n) is 7.10. The maximum absolute atomic E-state index is 5.22. The normalized spacial score (nSPS) is 15.2. The van der Waals surface area contributed by atoms with E-state index in [9.17, 15) is 0 Å². The van der Waals surface area contributed by atoms with E-state index in [-0.39, 0.29) is 0 Å². The minimum absolute atomic E-state index is 0.481. The van der Waals surface area contributed by atoms with Gasteiger partial charge in [0.05, 0.1) is 12.3 Å². The van der Waals surface area contributed by atoms with E-state index in [0.29, 0.717) is 12.4 Å². The standard InChI is InChI=1S/C15H19N5O/c1-21-11-13-9-14(20-7-5-16-6-8-20)19-15(18-13)12-3-2-4-17-10-12/h2-4,9-10,16H,5-8,11H2,1H3. The second-order valence-electron chi connectivity index (χ2n) is 4.95. The van der Waals surface area contributed by atoms with Crippen LogP contribution in [0.3, 0.4) is 0 Å². The van der Waals surface area contributed by atoms with E-state index in [1.165, 1.54) is 0 Å². The summed E-state index contributed by atoms with van der Waals surface area (Å²) in [5.41, 5.74) is 1.81. The third kappa shape index (κ3) is 3.34. The monoisotopic (exact) mass is 285 g/mol. The Kier molecular flexibility index (Phi) is 4.37. The van der Waals surface area contributed by atoms with Crippen molar-refractivity contribution >= 4 is 5.82 Å². The molecule has 0 aliphatic carbocycles. The summed E-state index contributed by atoms with van der Waals surface area (Å²) in [4.78, 5) is 15.7. The first-order valence-corrected chi connectivity index (χ1v) is 7.10. The third-order valence-electron chi connectivity index (χ3n) is 3.42. The predicted octanol–water partition coefficient (Wildman–Crippen LogP) is 1.09. The molecule has 3 heterocycles. The fourth-order valence-corrected chi connectivity index (χ4v) is 2.38. The molecular weight excluding hydrogens is 266 g/mol. The Labute approximate surface area is 124 Å². The van der Waals surface area contributed by atoms with Crippen LogP contribution >= 0.6 is 0 Å². The molecule has 3 rings (SSSR count). The molecule has 21 heavy (non-hydrogen) atoms. The van der Waals surface area contributed by atoms with E-state index in [2.05, 4.69) is 20.2 Å². The van der Waals surface area contributed by atoms with Crippen molar-refractivity contribution in [3.05, 3.63) is 36.3 Å². The lowest BCUT2D eigenvalue weighted by Gasteiger charge is -2.28. The van der Waals surface area contributed by atoms with E-state index >= 15 is 0 Å². The van der Waals surface area contributed by atoms with Crippen molar-refractivity contribution in [1.29, 1.82) is 0 Å². The molecule has 1 saturated heterocycles. The quantitative estimate of drug-likeness (QED) is 0.907. The minimum Gasteiger partial charge on any atom is -0.378 e. The van der Waals surface area contributed by atoms with E-state index in [1.807, 2.05) is 18.2 Å². The number of hydrogen-bond donors (Lipinski definition) is 1. The van der Waals surface area contributed by atoms with Gasteiger partial charge in [0.2, 0.25) is 0 Å². The van der Waals surface area contributed by atoms with Gasteiger partial charge in [-0.15, -0.1) is 0 Å². The highest BCUT2D eigenvalue weighted by molar-refractivity contribution is 5.56. The van der Waals surface area contributed by atoms with Gasteiger partial charge >= 0.3 is 0 Å². The highest BCUT2D eigenvalue weighted by Gasteiger charge is 2.15. The molecule has 0 saturated carbocycles. The zero-order chi connectivity index (χ0) is 14.5. The molecule has 0 atom stereocenters. The van der Waals surface area contributed by atoms with Crippen molar-refractivity contribution in [3.8, 4) is 11.4 Å². The van der Waals surface area contributed by atoms with Gasteiger partial charge in [0, 0.05) is 57.3 Å². The summed E-state index contributed by atoms with van der Waals surface area (Å²) in [5, 5.41) is 3.35. The summed E-state index contributed by atoms with van der Waals surface area (Å²) in [6.07, 6.45) is 3.53. The molecule has 1 aliphatic heterocycles. The van der Waals surface area contributed by atoms with Crippen molar-refractivity contribution in [2.24, 2.45) is 0 Å². The van der Waals surface area contributed by atoms with Crippen LogP contribution in [-0.2, 0) is 11.3 Å². The summed E-state index contributed by atoms with van der Waals surface area (Å²) in [7, 11) is 1.68. The topological polar surface area (TPSA) is 63.2 Å². The predicted molar refractivity (Wildman–Crippen MR) is 81.1 cm³/mol. The highest BCUT2D eigenvalue weighted by atomic mass is 16.5. The number of anilines is 1.